The molecular formula is C23H27Cl2N3O. The number of hydrogen-bond acceptors (Lipinski definition) is 2. The van der Waals surface area contributed by atoms with E-state index in [-0.39, 0.29) is 11.9 Å². The fraction of sp³-hybridized carbons (Fsp3) is 0.565. The Kier molecular flexibility index (Phi) is 4.90. The van der Waals surface area contributed by atoms with Crippen molar-refractivity contribution >= 4 is 29.1 Å². The first-order valence-corrected chi connectivity index (χ1v) is 11.5. The average Bonchev–Trinajstić information content (AvgIpc) is 3.14. The van der Waals surface area contributed by atoms with Gasteiger partial charge in [0, 0.05) is 16.6 Å². The van der Waals surface area contributed by atoms with E-state index in [4.69, 9.17) is 23.2 Å². The molecule has 0 saturated heterocycles. The molecule has 1 atom stereocenters. The van der Waals surface area contributed by atoms with Crippen molar-refractivity contribution in [3.8, 4) is 11.3 Å². The molecule has 4 aliphatic carbocycles. The maximum Gasteiger partial charge on any atom is 0.269 e. The third kappa shape index (κ3) is 3.48. The number of amides is 1. The average molecular weight is 432 g/mol. The second-order valence-corrected chi connectivity index (χ2v) is 10.3. The Hall–Kier alpha value is -1.52. The highest BCUT2D eigenvalue weighted by atomic mass is 35.5. The first kappa shape index (κ1) is 19.4. The number of carbonyl (C=O) groups is 1. The van der Waals surface area contributed by atoms with E-state index in [0.717, 1.165) is 29.7 Å². The predicted molar refractivity (Wildman–Crippen MR) is 116 cm³/mol. The summed E-state index contributed by atoms with van der Waals surface area (Å²) in [6.45, 7) is 2.20. The van der Waals surface area contributed by atoms with Gasteiger partial charge < -0.3 is 5.32 Å². The van der Waals surface area contributed by atoms with Crippen LogP contribution in [-0.2, 0) is 0 Å². The molecular weight excluding hydrogens is 405 g/mol. The van der Waals surface area contributed by atoms with E-state index in [1.54, 1.807) is 18.2 Å². The third-order valence-corrected chi connectivity index (χ3v) is 8.12. The van der Waals surface area contributed by atoms with E-state index in [0.29, 0.717) is 26.8 Å². The summed E-state index contributed by atoms with van der Waals surface area (Å²) in [6, 6.07) is 7.29. The number of aromatic amines is 1. The molecule has 0 radical (unpaired) electrons. The first-order valence-electron chi connectivity index (χ1n) is 10.8. The van der Waals surface area contributed by atoms with Crippen LogP contribution in [0.4, 0.5) is 0 Å². The molecule has 4 saturated carbocycles. The molecule has 4 bridgehead atoms. The molecule has 1 unspecified atom stereocenters. The van der Waals surface area contributed by atoms with Crippen LogP contribution >= 0.6 is 23.2 Å². The molecule has 1 amide bonds. The zero-order valence-electron chi connectivity index (χ0n) is 16.7. The van der Waals surface area contributed by atoms with Crippen LogP contribution in [0.1, 0.15) is 62.4 Å². The number of carbonyl (C=O) groups excluding carboxylic acids is 1. The van der Waals surface area contributed by atoms with Crippen molar-refractivity contribution in [2.75, 3.05) is 0 Å². The second kappa shape index (κ2) is 7.31. The molecule has 1 aromatic heterocycles. The Bertz CT molecular complexity index is 903. The lowest BCUT2D eigenvalue weighted by atomic mass is 9.47. The molecule has 0 spiro atoms. The number of halogens is 2. The normalized spacial score (nSPS) is 31.1. The van der Waals surface area contributed by atoms with Crippen molar-refractivity contribution in [2.45, 2.75) is 57.9 Å². The van der Waals surface area contributed by atoms with Crippen LogP contribution in [0.25, 0.3) is 11.3 Å². The highest BCUT2D eigenvalue weighted by Crippen LogP contribution is 2.61. The van der Waals surface area contributed by atoms with Crippen LogP contribution in [0.15, 0.2) is 24.3 Å². The second-order valence-electron chi connectivity index (χ2n) is 9.51. The standard InChI is InChI=1S/C23H27Cl2N3O/c1-2-21(23-10-13-5-14(11-23)7-15(6-13)12-23)26-22(29)20-9-19(27-28-20)17-4-3-16(24)8-18(17)25/h3-4,8-9,13-15,21H,2,5-7,10-12H2,1H3,(H,26,29)(H,27,28). The summed E-state index contributed by atoms with van der Waals surface area (Å²) in [6.07, 6.45) is 9.06. The number of nitrogens with zero attached hydrogens (tertiary/aromatic N) is 1. The summed E-state index contributed by atoms with van der Waals surface area (Å²) in [7, 11) is 0. The fourth-order valence-corrected chi connectivity index (χ4v) is 7.31. The molecule has 1 heterocycles. The molecule has 4 aliphatic rings. The third-order valence-electron chi connectivity index (χ3n) is 7.57. The summed E-state index contributed by atoms with van der Waals surface area (Å²) >= 11 is 12.3. The Labute approximate surface area is 181 Å². The van der Waals surface area contributed by atoms with Crippen molar-refractivity contribution < 1.29 is 4.79 Å². The minimum atomic E-state index is -0.0727. The van der Waals surface area contributed by atoms with Crippen molar-refractivity contribution in [1.82, 2.24) is 15.5 Å². The predicted octanol–water partition coefficient (Wildman–Crippen LogP) is 6.11. The summed E-state index contributed by atoms with van der Waals surface area (Å²) in [5.74, 6) is 2.55. The van der Waals surface area contributed by atoms with Crippen molar-refractivity contribution in [1.29, 1.82) is 0 Å². The summed E-state index contributed by atoms with van der Waals surface area (Å²) < 4.78 is 0. The molecule has 6 heteroatoms. The number of rotatable bonds is 5. The minimum Gasteiger partial charge on any atom is -0.347 e. The van der Waals surface area contributed by atoms with Crippen LogP contribution in [0.5, 0.6) is 0 Å². The summed E-state index contributed by atoms with van der Waals surface area (Å²) in [5, 5.41) is 11.7. The van der Waals surface area contributed by atoms with Gasteiger partial charge in [-0.3, -0.25) is 9.89 Å². The van der Waals surface area contributed by atoms with Crippen LogP contribution in [0, 0.1) is 23.2 Å². The monoisotopic (exact) mass is 431 g/mol. The van der Waals surface area contributed by atoms with Gasteiger partial charge in [0.2, 0.25) is 0 Å². The van der Waals surface area contributed by atoms with Crippen LogP contribution in [0.2, 0.25) is 10.0 Å². The highest BCUT2D eigenvalue weighted by Gasteiger charge is 2.54. The van der Waals surface area contributed by atoms with E-state index in [1.165, 1.54) is 38.5 Å². The van der Waals surface area contributed by atoms with Gasteiger partial charge in [0.15, 0.2) is 0 Å². The minimum absolute atomic E-state index is 0.0727. The molecule has 29 heavy (non-hydrogen) atoms. The topological polar surface area (TPSA) is 57.8 Å². The smallest absolute Gasteiger partial charge is 0.269 e. The maximum absolute atomic E-state index is 13.1. The lowest BCUT2D eigenvalue weighted by Crippen LogP contribution is -2.56. The Morgan fingerprint density at radius 2 is 1.83 bits per heavy atom. The molecule has 6 rings (SSSR count). The molecule has 4 fully saturated rings. The van der Waals surface area contributed by atoms with E-state index in [9.17, 15) is 4.79 Å². The van der Waals surface area contributed by atoms with Crippen LogP contribution < -0.4 is 5.32 Å². The van der Waals surface area contributed by atoms with E-state index in [1.807, 2.05) is 6.07 Å². The molecule has 154 valence electrons. The van der Waals surface area contributed by atoms with Gasteiger partial charge in [0.25, 0.3) is 5.91 Å². The van der Waals surface area contributed by atoms with Gasteiger partial charge >= 0.3 is 0 Å². The largest absolute Gasteiger partial charge is 0.347 e. The zero-order chi connectivity index (χ0) is 20.2. The number of hydrogen-bond donors (Lipinski definition) is 2. The fourth-order valence-electron chi connectivity index (χ4n) is 6.80. The van der Waals surface area contributed by atoms with Gasteiger partial charge in [-0.05, 0) is 92.4 Å². The van der Waals surface area contributed by atoms with Gasteiger partial charge in [0.05, 0.1) is 10.7 Å². The SMILES string of the molecule is CCC(NC(=O)c1cc(-c2ccc(Cl)cc2Cl)n[nH]1)C12CC3CC(CC(C3)C1)C2. The number of nitrogens with one attached hydrogen (secondary N) is 2. The molecule has 1 aromatic carbocycles. The van der Waals surface area contributed by atoms with Gasteiger partial charge in [-0.1, -0.05) is 30.1 Å². The van der Waals surface area contributed by atoms with Crippen molar-refractivity contribution in [3.05, 3.63) is 40.0 Å². The van der Waals surface area contributed by atoms with Gasteiger partial charge in [0.1, 0.15) is 5.69 Å². The number of aromatic nitrogens is 2. The number of H-pyrrole nitrogens is 1. The summed E-state index contributed by atoms with van der Waals surface area (Å²) in [5.41, 5.74) is 2.19. The number of benzene rings is 1. The Morgan fingerprint density at radius 1 is 1.17 bits per heavy atom. The first-order chi connectivity index (χ1) is 14.0. The molecule has 0 aliphatic heterocycles. The lowest BCUT2D eigenvalue weighted by molar-refractivity contribution is -0.0727. The van der Waals surface area contributed by atoms with Crippen molar-refractivity contribution in [2.24, 2.45) is 23.2 Å². The quantitative estimate of drug-likeness (QED) is 0.599. The molecule has 2 aromatic rings. The van der Waals surface area contributed by atoms with Crippen LogP contribution in [-0.4, -0.2) is 22.1 Å². The van der Waals surface area contributed by atoms with Gasteiger partial charge in [-0.2, -0.15) is 5.10 Å². The summed E-state index contributed by atoms with van der Waals surface area (Å²) in [4.78, 5) is 13.1. The van der Waals surface area contributed by atoms with E-state index in [2.05, 4.69) is 22.4 Å². The van der Waals surface area contributed by atoms with E-state index >= 15 is 0 Å². The highest BCUT2D eigenvalue weighted by molar-refractivity contribution is 6.36. The zero-order valence-corrected chi connectivity index (χ0v) is 18.2. The molecule has 2 N–H and O–H groups in total. The Balaban J connectivity index is 1.34. The van der Waals surface area contributed by atoms with E-state index < -0.39 is 0 Å². The van der Waals surface area contributed by atoms with Gasteiger partial charge in [-0.25, -0.2) is 0 Å². The van der Waals surface area contributed by atoms with Gasteiger partial charge in [-0.15, -0.1) is 0 Å². The molecule has 4 nitrogen and oxygen atoms in total. The van der Waals surface area contributed by atoms with Crippen molar-refractivity contribution in [3.63, 3.8) is 0 Å². The lowest BCUT2D eigenvalue weighted by Gasteiger charge is -2.59. The van der Waals surface area contributed by atoms with Crippen LogP contribution in [0.3, 0.4) is 0 Å². The maximum atomic E-state index is 13.1. The Morgan fingerprint density at radius 3 is 2.41 bits per heavy atom.